The Labute approximate surface area is 93.2 Å². The summed E-state index contributed by atoms with van der Waals surface area (Å²) in [5.74, 6) is 1.97. The third-order valence-corrected chi connectivity index (χ3v) is 2.31. The maximum Gasteiger partial charge on any atom is 0.202 e. The molecule has 0 saturated heterocycles. The number of carbonyl (C=O) groups is 1. The van der Waals surface area contributed by atoms with Gasteiger partial charge in [-0.15, -0.1) is 0 Å². The van der Waals surface area contributed by atoms with Gasteiger partial charge in [0.15, 0.2) is 0 Å². The largest absolute Gasteiger partial charge is 0.466 e. The fraction of sp³-hybridized carbons (Fsp3) is 0.333. The molecule has 0 unspecified atom stereocenters. The van der Waals surface area contributed by atoms with E-state index < -0.39 is 0 Å². The molecule has 0 spiro atoms. The van der Waals surface area contributed by atoms with Crippen LogP contribution in [-0.4, -0.2) is 10.9 Å². The second-order valence-corrected chi connectivity index (χ2v) is 3.65. The lowest BCUT2D eigenvalue weighted by molar-refractivity contribution is 0.0952. The van der Waals surface area contributed by atoms with Gasteiger partial charge < -0.3 is 8.94 Å². The molecular formula is C12H13NO3. The first-order chi connectivity index (χ1) is 7.69. The van der Waals surface area contributed by atoms with Gasteiger partial charge in [-0.25, -0.2) is 0 Å². The monoisotopic (exact) mass is 219 g/mol. The fourth-order valence-electron chi connectivity index (χ4n) is 1.46. The second-order valence-electron chi connectivity index (χ2n) is 3.65. The summed E-state index contributed by atoms with van der Waals surface area (Å²) in [6.07, 6.45) is 0.975. The van der Waals surface area contributed by atoms with Crippen molar-refractivity contribution in [1.82, 2.24) is 5.16 Å². The van der Waals surface area contributed by atoms with Crippen LogP contribution in [0.3, 0.4) is 0 Å². The Balaban J connectivity index is 2.11. The van der Waals surface area contributed by atoms with E-state index in [4.69, 9.17) is 8.94 Å². The molecule has 0 aliphatic carbocycles. The SMILES string of the molecule is CCC(=O)c1cc(Cc2ccc(C)o2)no1. The molecule has 0 saturated carbocycles. The summed E-state index contributed by atoms with van der Waals surface area (Å²) in [5, 5.41) is 3.83. The highest BCUT2D eigenvalue weighted by Crippen LogP contribution is 2.13. The maximum absolute atomic E-state index is 11.3. The minimum atomic E-state index is -0.0330. The molecule has 0 aliphatic rings. The molecule has 4 nitrogen and oxygen atoms in total. The third kappa shape index (κ3) is 2.21. The van der Waals surface area contributed by atoms with Crippen molar-refractivity contribution in [2.75, 3.05) is 0 Å². The smallest absolute Gasteiger partial charge is 0.202 e. The van der Waals surface area contributed by atoms with Crippen molar-refractivity contribution in [3.05, 3.63) is 41.2 Å². The average molecular weight is 219 g/mol. The molecule has 16 heavy (non-hydrogen) atoms. The zero-order chi connectivity index (χ0) is 11.5. The van der Waals surface area contributed by atoms with Gasteiger partial charge >= 0.3 is 0 Å². The number of rotatable bonds is 4. The van der Waals surface area contributed by atoms with Crippen LogP contribution in [0, 0.1) is 6.92 Å². The molecule has 2 rings (SSSR count). The molecule has 0 N–H and O–H groups in total. The van der Waals surface area contributed by atoms with E-state index >= 15 is 0 Å². The Kier molecular flexibility index (Phi) is 2.90. The van der Waals surface area contributed by atoms with E-state index in [-0.39, 0.29) is 5.78 Å². The number of carbonyl (C=O) groups excluding carboxylic acids is 1. The number of Topliss-reactive ketones (excluding diaryl/α,β-unsaturated/α-hetero) is 1. The van der Waals surface area contributed by atoms with E-state index in [9.17, 15) is 4.79 Å². The minimum Gasteiger partial charge on any atom is -0.466 e. The van der Waals surface area contributed by atoms with Gasteiger partial charge in [0.2, 0.25) is 11.5 Å². The molecular weight excluding hydrogens is 206 g/mol. The van der Waals surface area contributed by atoms with Crippen LogP contribution in [0.5, 0.6) is 0 Å². The zero-order valence-electron chi connectivity index (χ0n) is 9.32. The molecule has 0 radical (unpaired) electrons. The van der Waals surface area contributed by atoms with Gasteiger partial charge in [-0.1, -0.05) is 12.1 Å². The average Bonchev–Trinajstić information content (AvgIpc) is 2.87. The molecule has 0 aromatic carbocycles. The fourth-order valence-corrected chi connectivity index (χ4v) is 1.46. The number of hydrogen-bond acceptors (Lipinski definition) is 4. The minimum absolute atomic E-state index is 0.0330. The molecule has 4 heteroatoms. The highest BCUT2D eigenvalue weighted by molar-refractivity contribution is 5.93. The summed E-state index contributed by atoms with van der Waals surface area (Å²) < 4.78 is 10.4. The molecule has 2 heterocycles. The molecule has 2 aromatic rings. The summed E-state index contributed by atoms with van der Waals surface area (Å²) >= 11 is 0. The van der Waals surface area contributed by atoms with Crippen LogP contribution >= 0.6 is 0 Å². The summed E-state index contributed by atoms with van der Waals surface area (Å²) in [6.45, 7) is 3.68. The summed E-state index contributed by atoms with van der Waals surface area (Å²) in [4.78, 5) is 11.3. The predicted octanol–water partition coefficient (Wildman–Crippen LogP) is 2.76. The lowest BCUT2D eigenvalue weighted by atomic mass is 10.2. The van der Waals surface area contributed by atoms with E-state index in [2.05, 4.69) is 5.16 Å². The highest BCUT2D eigenvalue weighted by atomic mass is 16.5. The van der Waals surface area contributed by atoms with Crippen molar-refractivity contribution >= 4 is 5.78 Å². The van der Waals surface area contributed by atoms with Crippen LogP contribution in [0.15, 0.2) is 27.1 Å². The van der Waals surface area contributed by atoms with Crippen molar-refractivity contribution in [1.29, 1.82) is 0 Å². The number of aryl methyl sites for hydroxylation is 1. The molecule has 84 valence electrons. The van der Waals surface area contributed by atoms with E-state index in [0.717, 1.165) is 11.5 Å². The van der Waals surface area contributed by atoms with Crippen molar-refractivity contribution < 1.29 is 13.7 Å². The predicted molar refractivity (Wildman–Crippen MR) is 57.4 cm³/mol. The Morgan fingerprint density at radius 3 is 2.88 bits per heavy atom. The molecule has 0 aliphatic heterocycles. The van der Waals surface area contributed by atoms with Gasteiger partial charge in [-0.05, 0) is 19.1 Å². The van der Waals surface area contributed by atoms with Gasteiger partial charge in [0.1, 0.15) is 11.5 Å². The summed E-state index contributed by atoms with van der Waals surface area (Å²) in [7, 11) is 0. The lowest BCUT2D eigenvalue weighted by Crippen LogP contribution is -1.92. The molecule has 0 atom stereocenters. The van der Waals surface area contributed by atoms with Crippen LogP contribution in [-0.2, 0) is 6.42 Å². The van der Waals surface area contributed by atoms with Crippen LogP contribution in [0.2, 0.25) is 0 Å². The standard InChI is InChI=1S/C12H13NO3/c1-3-11(14)12-7-9(13-16-12)6-10-5-4-8(2)15-10/h4-5,7H,3,6H2,1-2H3. The Morgan fingerprint density at radius 2 is 2.25 bits per heavy atom. The first-order valence-electron chi connectivity index (χ1n) is 5.23. The molecule has 0 bridgehead atoms. The van der Waals surface area contributed by atoms with E-state index in [1.807, 2.05) is 19.1 Å². The third-order valence-electron chi connectivity index (χ3n) is 2.31. The lowest BCUT2D eigenvalue weighted by Gasteiger charge is -1.89. The van der Waals surface area contributed by atoms with Crippen molar-refractivity contribution in [2.24, 2.45) is 0 Å². The van der Waals surface area contributed by atoms with Crippen LogP contribution in [0.1, 0.15) is 41.1 Å². The van der Waals surface area contributed by atoms with Gasteiger partial charge in [0.25, 0.3) is 0 Å². The number of ketones is 1. The number of nitrogens with zero attached hydrogens (tertiary/aromatic N) is 1. The second kappa shape index (κ2) is 4.35. The molecule has 0 amide bonds. The maximum atomic E-state index is 11.3. The van der Waals surface area contributed by atoms with Crippen molar-refractivity contribution in [3.63, 3.8) is 0 Å². The Bertz CT molecular complexity index is 496. The normalized spacial score (nSPS) is 10.6. The van der Waals surface area contributed by atoms with Gasteiger partial charge in [0.05, 0.1) is 12.1 Å². The summed E-state index contributed by atoms with van der Waals surface area (Å²) in [6, 6.07) is 5.46. The first-order valence-corrected chi connectivity index (χ1v) is 5.23. The number of furan rings is 1. The Hall–Kier alpha value is -1.84. The summed E-state index contributed by atoms with van der Waals surface area (Å²) in [5.41, 5.74) is 0.714. The molecule has 2 aromatic heterocycles. The highest BCUT2D eigenvalue weighted by Gasteiger charge is 2.12. The molecule has 0 fully saturated rings. The van der Waals surface area contributed by atoms with Gasteiger partial charge in [-0.2, -0.15) is 0 Å². The number of hydrogen-bond donors (Lipinski definition) is 0. The van der Waals surface area contributed by atoms with Crippen LogP contribution in [0.25, 0.3) is 0 Å². The van der Waals surface area contributed by atoms with Gasteiger partial charge in [0, 0.05) is 12.5 Å². The van der Waals surface area contributed by atoms with Gasteiger partial charge in [-0.3, -0.25) is 4.79 Å². The quantitative estimate of drug-likeness (QED) is 0.742. The van der Waals surface area contributed by atoms with E-state index in [1.165, 1.54) is 0 Å². The Morgan fingerprint density at radius 1 is 1.44 bits per heavy atom. The van der Waals surface area contributed by atoms with Crippen molar-refractivity contribution in [3.8, 4) is 0 Å². The first kappa shape index (κ1) is 10.7. The van der Waals surface area contributed by atoms with Crippen LogP contribution in [0.4, 0.5) is 0 Å². The topological polar surface area (TPSA) is 56.2 Å². The number of aromatic nitrogens is 1. The zero-order valence-corrected chi connectivity index (χ0v) is 9.32. The van der Waals surface area contributed by atoms with Crippen LogP contribution < -0.4 is 0 Å². The van der Waals surface area contributed by atoms with E-state index in [1.54, 1.807) is 13.0 Å². The van der Waals surface area contributed by atoms with Crippen molar-refractivity contribution in [2.45, 2.75) is 26.7 Å². The van der Waals surface area contributed by atoms with E-state index in [0.29, 0.717) is 24.3 Å².